The van der Waals surface area contributed by atoms with Gasteiger partial charge in [0.25, 0.3) is 0 Å². The molecule has 6 heterocycles. The quantitative estimate of drug-likeness (QED) is 0.568. The van der Waals surface area contributed by atoms with Gasteiger partial charge in [-0.05, 0) is 42.7 Å². The lowest BCUT2D eigenvalue weighted by Crippen LogP contribution is -2.73. The fraction of sp³-hybridized carbons (Fsp3) is 0.500. The lowest BCUT2D eigenvalue weighted by atomic mass is 9.73. The molecule has 7 rings (SSSR count). The van der Waals surface area contributed by atoms with Crippen LogP contribution in [0.1, 0.15) is 23.4 Å². The first kappa shape index (κ1) is 20.6. The van der Waals surface area contributed by atoms with Crippen LogP contribution in [0.2, 0.25) is 5.02 Å². The molecule has 3 aromatic rings. The summed E-state index contributed by atoms with van der Waals surface area (Å²) >= 11 is 6.41. The number of benzene rings is 1. The summed E-state index contributed by atoms with van der Waals surface area (Å²) < 4.78 is 7.92. The molecule has 1 spiro atoms. The van der Waals surface area contributed by atoms with Crippen LogP contribution in [0.15, 0.2) is 30.6 Å². The van der Waals surface area contributed by atoms with Gasteiger partial charge in [-0.1, -0.05) is 11.6 Å². The SMILES string of the molecule is Cc1cnc(N2CC3(C2)CN(c2nnc4n2-c2ccc(Cl)cc2CN([C@H]2CCOC2)C4)C3)nc1. The maximum Gasteiger partial charge on any atom is 0.231 e. The number of rotatable bonds is 3. The predicted molar refractivity (Wildman–Crippen MR) is 128 cm³/mol. The zero-order valence-electron chi connectivity index (χ0n) is 19.2. The third kappa shape index (κ3) is 3.29. The average Bonchev–Trinajstić information content (AvgIpc) is 3.41. The lowest BCUT2D eigenvalue weighted by Gasteiger charge is -2.60. The summed E-state index contributed by atoms with van der Waals surface area (Å²) in [5, 5.41) is 10.1. The van der Waals surface area contributed by atoms with E-state index in [1.54, 1.807) is 0 Å². The second kappa shape index (κ2) is 7.63. The van der Waals surface area contributed by atoms with Crippen molar-refractivity contribution in [3.05, 3.63) is 52.6 Å². The van der Waals surface area contributed by atoms with Crippen molar-refractivity contribution in [1.82, 2.24) is 29.6 Å². The Kier molecular flexibility index (Phi) is 4.62. The van der Waals surface area contributed by atoms with Crippen LogP contribution in [-0.4, -0.2) is 75.1 Å². The fourth-order valence-corrected chi connectivity index (χ4v) is 6.04. The minimum atomic E-state index is 0.279. The van der Waals surface area contributed by atoms with Crippen LogP contribution >= 0.6 is 11.6 Å². The third-order valence-electron chi connectivity index (χ3n) is 7.57. The Morgan fingerprint density at radius 2 is 1.82 bits per heavy atom. The Labute approximate surface area is 203 Å². The van der Waals surface area contributed by atoms with Gasteiger partial charge in [0.15, 0.2) is 5.82 Å². The molecule has 0 unspecified atom stereocenters. The number of ether oxygens (including phenoxy) is 1. The first-order chi connectivity index (χ1) is 16.6. The summed E-state index contributed by atoms with van der Waals surface area (Å²) in [5.41, 5.74) is 3.70. The highest BCUT2D eigenvalue weighted by Crippen LogP contribution is 2.43. The maximum absolute atomic E-state index is 6.41. The molecule has 0 aliphatic carbocycles. The van der Waals surface area contributed by atoms with Crippen molar-refractivity contribution in [2.75, 3.05) is 49.2 Å². The number of aromatic nitrogens is 5. The number of hydrogen-bond donors (Lipinski definition) is 0. The highest BCUT2D eigenvalue weighted by molar-refractivity contribution is 6.30. The Balaban J connectivity index is 1.14. The van der Waals surface area contributed by atoms with Crippen molar-refractivity contribution in [2.45, 2.75) is 32.5 Å². The van der Waals surface area contributed by atoms with Gasteiger partial charge in [0.05, 0.1) is 18.8 Å². The molecule has 0 amide bonds. The van der Waals surface area contributed by atoms with Gasteiger partial charge in [-0.2, -0.15) is 0 Å². The summed E-state index contributed by atoms with van der Waals surface area (Å²) in [6.45, 7) is 9.10. The van der Waals surface area contributed by atoms with E-state index in [1.807, 2.05) is 25.4 Å². The van der Waals surface area contributed by atoms with Crippen molar-refractivity contribution in [3.8, 4) is 5.69 Å². The van der Waals surface area contributed by atoms with Crippen molar-refractivity contribution in [1.29, 1.82) is 0 Å². The van der Waals surface area contributed by atoms with E-state index in [0.717, 1.165) is 92.9 Å². The van der Waals surface area contributed by atoms with Crippen molar-refractivity contribution in [2.24, 2.45) is 5.41 Å². The number of aryl methyl sites for hydroxylation is 1. The minimum absolute atomic E-state index is 0.279. The van der Waals surface area contributed by atoms with Crippen LogP contribution in [0.4, 0.5) is 11.9 Å². The largest absolute Gasteiger partial charge is 0.380 e. The van der Waals surface area contributed by atoms with Gasteiger partial charge < -0.3 is 14.5 Å². The van der Waals surface area contributed by atoms with Gasteiger partial charge in [-0.15, -0.1) is 10.2 Å². The normalized spacial score (nSPS) is 23.3. The Morgan fingerprint density at radius 1 is 1.03 bits per heavy atom. The molecule has 0 bridgehead atoms. The maximum atomic E-state index is 6.41. The topological polar surface area (TPSA) is 75.4 Å². The molecule has 3 fully saturated rings. The number of fused-ring (bicyclic) bond motifs is 3. The first-order valence-corrected chi connectivity index (χ1v) is 12.3. The molecule has 9 nitrogen and oxygen atoms in total. The van der Waals surface area contributed by atoms with Crippen LogP contribution in [0.3, 0.4) is 0 Å². The second-order valence-corrected chi connectivity index (χ2v) is 10.7. The molecule has 0 N–H and O–H groups in total. The Bertz CT molecular complexity index is 1220. The monoisotopic (exact) mass is 478 g/mol. The van der Waals surface area contributed by atoms with E-state index in [1.165, 1.54) is 5.56 Å². The van der Waals surface area contributed by atoms with Crippen molar-refractivity contribution < 1.29 is 4.74 Å². The Hall–Kier alpha value is -2.75. The van der Waals surface area contributed by atoms with Gasteiger partial charge in [0, 0.05) is 68.2 Å². The van der Waals surface area contributed by atoms with Gasteiger partial charge in [-0.3, -0.25) is 9.47 Å². The molecule has 0 radical (unpaired) electrons. The third-order valence-corrected chi connectivity index (χ3v) is 7.81. The van der Waals surface area contributed by atoms with Crippen LogP contribution in [0.25, 0.3) is 5.69 Å². The Morgan fingerprint density at radius 3 is 2.59 bits per heavy atom. The highest BCUT2D eigenvalue weighted by atomic mass is 35.5. The molecule has 1 aromatic carbocycles. The van der Waals surface area contributed by atoms with Crippen molar-refractivity contribution in [3.63, 3.8) is 0 Å². The van der Waals surface area contributed by atoms with Crippen LogP contribution in [0, 0.1) is 12.3 Å². The first-order valence-electron chi connectivity index (χ1n) is 11.9. The van der Waals surface area contributed by atoms with Gasteiger partial charge in [-0.25, -0.2) is 9.97 Å². The zero-order valence-corrected chi connectivity index (χ0v) is 19.9. The van der Waals surface area contributed by atoms with Gasteiger partial charge in [0.1, 0.15) is 0 Å². The summed E-state index contributed by atoms with van der Waals surface area (Å²) in [5.74, 6) is 2.73. The summed E-state index contributed by atoms with van der Waals surface area (Å²) in [6.07, 6.45) is 4.82. The number of nitrogens with zero attached hydrogens (tertiary/aromatic N) is 8. The lowest BCUT2D eigenvalue weighted by molar-refractivity contribution is 0.133. The van der Waals surface area contributed by atoms with E-state index >= 15 is 0 Å². The zero-order chi connectivity index (χ0) is 22.9. The van der Waals surface area contributed by atoms with E-state index in [4.69, 9.17) is 16.3 Å². The van der Waals surface area contributed by atoms with E-state index in [9.17, 15) is 0 Å². The molecule has 3 saturated heterocycles. The molecule has 34 heavy (non-hydrogen) atoms. The molecule has 2 aromatic heterocycles. The molecule has 4 aliphatic heterocycles. The minimum Gasteiger partial charge on any atom is -0.380 e. The van der Waals surface area contributed by atoms with Crippen molar-refractivity contribution >= 4 is 23.5 Å². The van der Waals surface area contributed by atoms with E-state index in [0.29, 0.717) is 6.04 Å². The predicted octanol–water partition coefficient (Wildman–Crippen LogP) is 2.45. The molecule has 1 atom stereocenters. The van der Waals surface area contributed by atoms with E-state index in [2.05, 4.69) is 51.6 Å². The fourth-order valence-electron chi connectivity index (χ4n) is 5.84. The second-order valence-electron chi connectivity index (χ2n) is 10.2. The van der Waals surface area contributed by atoms with Crippen LogP contribution < -0.4 is 9.80 Å². The molecular formula is C24H27ClN8O. The number of halogens is 1. The number of anilines is 2. The number of hydrogen-bond acceptors (Lipinski definition) is 8. The molecule has 4 aliphatic rings. The van der Waals surface area contributed by atoms with E-state index < -0.39 is 0 Å². The summed E-state index contributed by atoms with van der Waals surface area (Å²) in [6, 6.07) is 6.56. The standard InChI is InChI=1S/C24H27ClN8O/c1-16-7-26-22(27-8-16)31-12-24(13-31)14-32(15-24)23-29-28-21-10-30(19-4-5-34-11-19)9-17-6-18(25)2-3-20(17)33(21)23/h2-3,6-8,19H,4-5,9-15H2,1H3/t19-/m0/s1. The van der Waals surface area contributed by atoms with E-state index in [-0.39, 0.29) is 5.41 Å². The molecule has 10 heteroatoms. The van der Waals surface area contributed by atoms with Crippen LogP contribution in [-0.2, 0) is 17.8 Å². The summed E-state index contributed by atoms with van der Waals surface area (Å²) in [4.78, 5) is 16.0. The smallest absolute Gasteiger partial charge is 0.231 e. The van der Waals surface area contributed by atoms with Gasteiger partial charge in [0.2, 0.25) is 11.9 Å². The van der Waals surface area contributed by atoms with Crippen LogP contribution in [0.5, 0.6) is 0 Å². The highest BCUT2D eigenvalue weighted by Gasteiger charge is 2.54. The molecular weight excluding hydrogens is 452 g/mol. The average molecular weight is 479 g/mol. The summed E-state index contributed by atoms with van der Waals surface area (Å²) in [7, 11) is 0. The molecule has 0 saturated carbocycles. The molecule has 176 valence electrons. The van der Waals surface area contributed by atoms with Gasteiger partial charge >= 0.3 is 0 Å².